The number of nitrogens with zero attached hydrogens (tertiary/aromatic N) is 1. The van der Waals surface area contributed by atoms with Gasteiger partial charge in [-0.15, -0.1) is 0 Å². The minimum absolute atomic E-state index is 0.0690. The van der Waals surface area contributed by atoms with Crippen LogP contribution in [0.5, 0.6) is 0 Å². The lowest BCUT2D eigenvalue weighted by atomic mass is 10.1. The second-order valence-corrected chi connectivity index (χ2v) is 7.31. The molecule has 0 aliphatic heterocycles. The summed E-state index contributed by atoms with van der Waals surface area (Å²) < 4.78 is 0. The Balaban J connectivity index is 2.03. The van der Waals surface area contributed by atoms with Gasteiger partial charge in [0.15, 0.2) is 0 Å². The monoisotopic (exact) mass is 343 g/mol. The molecule has 0 spiro atoms. The molecule has 2 aromatic rings. The summed E-state index contributed by atoms with van der Waals surface area (Å²) in [6.45, 7) is 5.60. The first-order valence-electron chi connectivity index (χ1n) is 7.62. The summed E-state index contributed by atoms with van der Waals surface area (Å²) in [6, 6.07) is 13.1. The molecule has 2 amide bonds. The Labute approximate surface area is 146 Å². The molecule has 0 fully saturated rings. The minimum Gasteiger partial charge on any atom is -0.350 e. The lowest BCUT2D eigenvalue weighted by Crippen LogP contribution is -2.45. The molecule has 1 heterocycles. The van der Waals surface area contributed by atoms with E-state index in [0.29, 0.717) is 10.6 Å². The van der Waals surface area contributed by atoms with Gasteiger partial charge in [0.05, 0.1) is 12.1 Å². The molecule has 1 aromatic heterocycles. The first-order valence-corrected chi connectivity index (χ1v) is 8.44. The fraction of sp³-hybridized carbons (Fsp3) is 0.278. The van der Waals surface area contributed by atoms with Crippen LogP contribution in [0.4, 0.5) is 0 Å². The van der Waals surface area contributed by atoms with Crippen molar-refractivity contribution >= 4 is 23.6 Å². The summed E-state index contributed by atoms with van der Waals surface area (Å²) in [6.07, 6.45) is 1.65. The van der Waals surface area contributed by atoms with Crippen LogP contribution in [0.3, 0.4) is 0 Å². The van der Waals surface area contributed by atoms with Crippen molar-refractivity contribution < 1.29 is 9.59 Å². The second-order valence-electron chi connectivity index (χ2n) is 6.25. The van der Waals surface area contributed by atoms with E-state index in [0.717, 1.165) is 4.90 Å². The van der Waals surface area contributed by atoms with Crippen molar-refractivity contribution in [2.24, 2.45) is 0 Å². The Kier molecular flexibility index (Phi) is 5.98. The summed E-state index contributed by atoms with van der Waals surface area (Å²) in [4.78, 5) is 29.5. The molecule has 0 aliphatic rings. The minimum atomic E-state index is -0.329. The molecule has 0 radical (unpaired) electrons. The van der Waals surface area contributed by atoms with Gasteiger partial charge in [-0.05, 0) is 45.0 Å². The quantitative estimate of drug-likeness (QED) is 0.876. The van der Waals surface area contributed by atoms with Crippen LogP contribution in [-0.2, 0) is 4.79 Å². The zero-order valence-electron chi connectivity index (χ0n) is 14.0. The van der Waals surface area contributed by atoms with Crippen molar-refractivity contribution in [2.45, 2.75) is 36.2 Å². The van der Waals surface area contributed by atoms with Crippen molar-refractivity contribution in [2.75, 3.05) is 6.54 Å². The number of pyridine rings is 1. The van der Waals surface area contributed by atoms with Crippen LogP contribution in [0.25, 0.3) is 0 Å². The van der Waals surface area contributed by atoms with E-state index in [2.05, 4.69) is 15.6 Å². The van der Waals surface area contributed by atoms with Crippen LogP contribution >= 0.6 is 11.8 Å². The topological polar surface area (TPSA) is 71.1 Å². The van der Waals surface area contributed by atoms with Crippen LogP contribution in [0.15, 0.2) is 58.6 Å². The van der Waals surface area contributed by atoms with E-state index >= 15 is 0 Å². The van der Waals surface area contributed by atoms with Crippen molar-refractivity contribution in [1.29, 1.82) is 0 Å². The molecule has 2 N–H and O–H groups in total. The summed E-state index contributed by atoms with van der Waals surface area (Å²) in [5.74, 6) is -0.539. The Morgan fingerprint density at radius 3 is 2.46 bits per heavy atom. The lowest BCUT2D eigenvalue weighted by molar-refractivity contribution is -0.121. The van der Waals surface area contributed by atoms with Gasteiger partial charge in [-0.1, -0.05) is 30.0 Å². The third-order valence-corrected chi connectivity index (χ3v) is 3.92. The third kappa shape index (κ3) is 5.70. The summed E-state index contributed by atoms with van der Waals surface area (Å²) in [7, 11) is 0. The maximum Gasteiger partial charge on any atom is 0.254 e. The Hall–Kier alpha value is -2.34. The van der Waals surface area contributed by atoms with Gasteiger partial charge in [0.25, 0.3) is 5.91 Å². The third-order valence-electron chi connectivity index (χ3n) is 2.90. The van der Waals surface area contributed by atoms with Crippen molar-refractivity contribution in [3.63, 3.8) is 0 Å². The van der Waals surface area contributed by atoms with Gasteiger partial charge in [0, 0.05) is 16.6 Å². The van der Waals surface area contributed by atoms with Crippen LogP contribution in [-0.4, -0.2) is 28.9 Å². The summed E-state index contributed by atoms with van der Waals surface area (Å²) >= 11 is 1.41. The smallest absolute Gasteiger partial charge is 0.254 e. The second kappa shape index (κ2) is 7.97. The fourth-order valence-corrected chi connectivity index (χ4v) is 2.86. The van der Waals surface area contributed by atoms with E-state index in [4.69, 9.17) is 0 Å². The van der Waals surface area contributed by atoms with Gasteiger partial charge in [0.2, 0.25) is 5.91 Å². The lowest BCUT2D eigenvalue weighted by Gasteiger charge is -2.20. The molecule has 0 unspecified atom stereocenters. The Morgan fingerprint density at radius 1 is 1.08 bits per heavy atom. The van der Waals surface area contributed by atoms with E-state index in [-0.39, 0.29) is 23.9 Å². The normalized spacial score (nSPS) is 11.0. The highest BCUT2D eigenvalue weighted by Crippen LogP contribution is 2.28. The van der Waals surface area contributed by atoms with Gasteiger partial charge in [0.1, 0.15) is 5.03 Å². The number of hydrogen-bond donors (Lipinski definition) is 2. The predicted molar refractivity (Wildman–Crippen MR) is 95.0 cm³/mol. The molecule has 1 aromatic carbocycles. The predicted octanol–water partition coefficient (Wildman–Crippen LogP) is 2.88. The van der Waals surface area contributed by atoms with Gasteiger partial charge in [-0.25, -0.2) is 4.98 Å². The number of nitrogens with one attached hydrogen (secondary N) is 2. The summed E-state index contributed by atoms with van der Waals surface area (Å²) in [5, 5.41) is 6.06. The molecule has 2 rings (SSSR count). The molecule has 24 heavy (non-hydrogen) atoms. The SMILES string of the molecule is CC(C)(C)NC(=O)CNC(=O)c1cccnc1Sc1ccccc1. The fourth-order valence-electron chi connectivity index (χ4n) is 1.96. The first kappa shape index (κ1) is 18.0. The summed E-state index contributed by atoms with van der Waals surface area (Å²) in [5.41, 5.74) is 0.125. The van der Waals surface area contributed by atoms with E-state index in [1.165, 1.54) is 11.8 Å². The molecule has 5 nitrogen and oxygen atoms in total. The highest BCUT2D eigenvalue weighted by atomic mass is 32.2. The van der Waals surface area contributed by atoms with Crippen LogP contribution < -0.4 is 10.6 Å². The molecule has 6 heteroatoms. The Bertz CT molecular complexity index is 712. The number of aromatic nitrogens is 1. The standard InChI is InChI=1S/C18H21N3O2S/c1-18(2,3)21-15(22)12-20-16(23)14-10-7-11-19-17(14)24-13-8-5-4-6-9-13/h4-11H,12H2,1-3H3,(H,20,23)(H,21,22). The van der Waals surface area contributed by atoms with Gasteiger partial charge in [-0.3, -0.25) is 9.59 Å². The van der Waals surface area contributed by atoms with E-state index in [1.54, 1.807) is 18.3 Å². The van der Waals surface area contributed by atoms with E-state index < -0.39 is 0 Å². The van der Waals surface area contributed by atoms with E-state index in [9.17, 15) is 9.59 Å². The van der Waals surface area contributed by atoms with Crippen molar-refractivity contribution in [1.82, 2.24) is 15.6 Å². The number of benzene rings is 1. The maximum atomic E-state index is 12.4. The largest absolute Gasteiger partial charge is 0.350 e. The van der Waals surface area contributed by atoms with Gasteiger partial charge < -0.3 is 10.6 Å². The Morgan fingerprint density at radius 2 is 1.79 bits per heavy atom. The average molecular weight is 343 g/mol. The number of carbonyl (C=O) groups excluding carboxylic acids is 2. The molecule has 0 saturated heterocycles. The van der Waals surface area contributed by atoms with Crippen LogP contribution in [0.2, 0.25) is 0 Å². The number of carbonyl (C=O) groups is 2. The maximum absolute atomic E-state index is 12.4. The molecular formula is C18H21N3O2S. The van der Waals surface area contributed by atoms with Gasteiger partial charge in [-0.2, -0.15) is 0 Å². The first-order chi connectivity index (χ1) is 11.3. The number of amides is 2. The van der Waals surface area contributed by atoms with Crippen molar-refractivity contribution in [3.8, 4) is 0 Å². The highest BCUT2D eigenvalue weighted by Gasteiger charge is 2.17. The average Bonchev–Trinajstić information content (AvgIpc) is 2.52. The van der Waals surface area contributed by atoms with Gasteiger partial charge >= 0.3 is 0 Å². The molecule has 0 atom stereocenters. The van der Waals surface area contributed by atoms with E-state index in [1.807, 2.05) is 51.1 Å². The zero-order chi connectivity index (χ0) is 17.6. The molecule has 0 bridgehead atoms. The van der Waals surface area contributed by atoms with Crippen molar-refractivity contribution in [3.05, 3.63) is 54.2 Å². The molecular weight excluding hydrogens is 322 g/mol. The number of hydrogen-bond acceptors (Lipinski definition) is 4. The number of rotatable bonds is 5. The molecule has 0 saturated carbocycles. The molecule has 126 valence electrons. The van der Waals surface area contributed by atoms with Crippen LogP contribution in [0, 0.1) is 0 Å². The zero-order valence-corrected chi connectivity index (χ0v) is 14.8. The van der Waals surface area contributed by atoms with Crippen LogP contribution in [0.1, 0.15) is 31.1 Å². The molecule has 0 aliphatic carbocycles. The highest BCUT2D eigenvalue weighted by molar-refractivity contribution is 7.99.